The van der Waals surface area contributed by atoms with Crippen molar-refractivity contribution in [1.82, 2.24) is 0 Å². The number of hydrogen-bond acceptors (Lipinski definition) is 4. The van der Waals surface area contributed by atoms with E-state index >= 15 is 0 Å². The lowest BCUT2D eigenvalue weighted by molar-refractivity contribution is 0.0694. The van der Waals surface area contributed by atoms with E-state index in [4.69, 9.17) is 14.2 Å². The van der Waals surface area contributed by atoms with Gasteiger partial charge in [0.25, 0.3) is 0 Å². The fourth-order valence-electron chi connectivity index (χ4n) is 2.01. The summed E-state index contributed by atoms with van der Waals surface area (Å²) >= 11 is 0. The second-order valence-corrected chi connectivity index (χ2v) is 4.37. The first-order valence-electron chi connectivity index (χ1n) is 6.05. The molecule has 0 atom stereocenters. The molecule has 0 radical (unpaired) electrons. The molecule has 1 N–H and O–H groups in total. The molecule has 0 spiro atoms. The third kappa shape index (κ3) is 2.14. The molecule has 0 fully saturated rings. The topological polar surface area (TPSA) is 65.0 Å². The zero-order valence-corrected chi connectivity index (χ0v) is 10.8. The van der Waals surface area contributed by atoms with E-state index in [2.05, 4.69) is 0 Å². The Bertz CT molecular complexity index is 678. The van der Waals surface area contributed by atoms with Crippen LogP contribution in [-0.2, 0) is 0 Å². The summed E-state index contributed by atoms with van der Waals surface area (Å²) in [6.07, 6.45) is 0. The third-order valence-electron chi connectivity index (χ3n) is 3.01. The van der Waals surface area contributed by atoms with Gasteiger partial charge in [-0.3, -0.25) is 0 Å². The summed E-state index contributed by atoms with van der Waals surface area (Å²) in [5, 5.41) is 9.20. The van der Waals surface area contributed by atoms with E-state index in [1.165, 1.54) is 6.07 Å². The average molecular weight is 272 g/mol. The molecule has 2 aromatic carbocycles. The van der Waals surface area contributed by atoms with Gasteiger partial charge in [-0.1, -0.05) is 12.1 Å². The fourth-order valence-corrected chi connectivity index (χ4v) is 2.01. The van der Waals surface area contributed by atoms with Crippen LogP contribution in [0.2, 0.25) is 0 Å². The normalized spacial score (nSPS) is 12.2. The van der Waals surface area contributed by atoms with E-state index in [-0.39, 0.29) is 12.4 Å². The Kier molecular flexibility index (Phi) is 2.95. The van der Waals surface area contributed by atoms with Crippen molar-refractivity contribution in [2.45, 2.75) is 6.92 Å². The molecule has 1 aliphatic heterocycles. The van der Waals surface area contributed by atoms with Crippen molar-refractivity contribution in [2.24, 2.45) is 0 Å². The van der Waals surface area contributed by atoms with Crippen molar-refractivity contribution >= 4 is 5.97 Å². The van der Waals surface area contributed by atoms with Crippen molar-refractivity contribution in [1.29, 1.82) is 0 Å². The predicted molar refractivity (Wildman–Crippen MR) is 70.8 cm³/mol. The number of para-hydroxylation sites is 1. The number of aryl methyl sites for hydroxylation is 1. The van der Waals surface area contributed by atoms with Crippen LogP contribution in [-0.4, -0.2) is 17.9 Å². The van der Waals surface area contributed by atoms with E-state index < -0.39 is 5.97 Å². The molecule has 1 heterocycles. The van der Waals surface area contributed by atoms with Gasteiger partial charge in [0.05, 0.1) is 0 Å². The molecule has 0 aromatic heterocycles. The molecule has 5 heteroatoms. The number of carboxylic acids is 1. The zero-order chi connectivity index (χ0) is 14.1. The summed E-state index contributed by atoms with van der Waals surface area (Å²) < 4.78 is 16.2. The first-order chi connectivity index (χ1) is 9.65. The van der Waals surface area contributed by atoms with Crippen molar-refractivity contribution in [3.63, 3.8) is 0 Å². The summed E-state index contributed by atoms with van der Waals surface area (Å²) in [5.74, 6) is 1.06. The van der Waals surface area contributed by atoms with Gasteiger partial charge in [-0.25, -0.2) is 4.79 Å². The minimum atomic E-state index is -1.02. The fraction of sp³-hybridized carbons (Fsp3) is 0.133. The maximum absolute atomic E-state index is 11.2. The lowest BCUT2D eigenvalue weighted by Crippen LogP contribution is -2.01. The molecular formula is C15H12O5. The Hall–Kier alpha value is -2.69. The van der Waals surface area contributed by atoms with Gasteiger partial charge in [-0.2, -0.15) is 0 Å². The molecule has 0 saturated heterocycles. The lowest BCUT2D eigenvalue weighted by atomic mass is 10.1. The minimum Gasteiger partial charge on any atom is -0.478 e. The number of rotatable bonds is 3. The molecule has 0 aliphatic carbocycles. The lowest BCUT2D eigenvalue weighted by Gasteiger charge is -2.11. The quantitative estimate of drug-likeness (QED) is 0.929. The third-order valence-corrected chi connectivity index (χ3v) is 3.01. The highest BCUT2D eigenvalue weighted by Crippen LogP contribution is 2.37. The zero-order valence-electron chi connectivity index (χ0n) is 10.8. The highest BCUT2D eigenvalue weighted by Gasteiger charge is 2.17. The molecule has 0 amide bonds. The van der Waals surface area contributed by atoms with Crippen molar-refractivity contribution < 1.29 is 24.1 Å². The van der Waals surface area contributed by atoms with Crippen LogP contribution in [0.4, 0.5) is 0 Å². The van der Waals surface area contributed by atoms with Crippen LogP contribution in [0.1, 0.15) is 15.9 Å². The summed E-state index contributed by atoms with van der Waals surface area (Å²) in [6.45, 7) is 1.98. The van der Waals surface area contributed by atoms with E-state index in [9.17, 15) is 9.90 Å². The van der Waals surface area contributed by atoms with Crippen molar-refractivity contribution in [3.8, 4) is 23.0 Å². The molecule has 20 heavy (non-hydrogen) atoms. The van der Waals surface area contributed by atoms with E-state index in [0.29, 0.717) is 23.0 Å². The maximum Gasteiger partial charge on any atom is 0.339 e. The molecule has 5 nitrogen and oxygen atoms in total. The largest absolute Gasteiger partial charge is 0.478 e. The average Bonchev–Trinajstić information content (AvgIpc) is 2.88. The molecule has 3 rings (SSSR count). The SMILES string of the molecule is Cc1cccc(C(=O)O)c1Oc1ccc2c(c1)OCO2. The van der Waals surface area contributed by atoms with Gasteiger partial charge in [0.1, 0.15) is 17.1 Å². The predicted octanol–water partition coefficient (Wildman–Crippen LogP) is 3.21. The highest BCUT2D eigenvalue weighted by atomic mass is 16.7. The van der Waals surface area contributed by atoms with Crippen LogP contribution in [0, 0.1) is 6.92 Å². The first kappa shape index (κ1) is 12.3. The van der Waals surface area contributed by atoms with Gasteiger partial charge >= 0.3 is 5.97 Å². The Morgan fingerprint density at radius 3 is 2.80 bits per heavy atom. The van der Waals surface area contributed by atoms with Gasteiger partial charge in [0, 0.05) is 6.07 Å². The molecule has 2 aromatic rings. The van der Waals surface area contributed by atoms with Crippen LogP contribution in [0.3, 0.4) is 0 Å². The number of benzene rings is 2. The molecule has 1 aliphatic rings. The highest BCUT2D eigenvalue weighted by molar-refractivity contribution is 5.91. The van der Waals surface area contributed by atoms with Crippen molar-refractivity contribution in [2.75, 3.05) is 6.79 Å². The first-order valence-corrected chi connectivity index (χ1v) is 6.05. The Morgan fingerprint density at radius 2 is 2.00 bits per heavy atom. The second kappa shape index (κ2) is 4.77. The van der Waals surface area contributed by atoms with Gasteiger partial charge in [0.2, 0.25) is 6.79 Å². The monoisotopic (exact) mass is 272 g/mol. The molecule has 0 saturated carbocycles. The molecule has 0 bridgehead atoms. The summed E-state index contributed by atoms with van der Waals surface area (Å²) in [7, 11) is 0. The van der Waals surface area contributed by atoms with Crippen LogP contribution in [0.15, 0.2) is 36.4 Å². The number of carbonyl (C=O) groups is 1. The minimum absolute atomic E-state index is 0.127. The van der Waals surface area contributed by atoms with Gasteiger partial charge in [0.15, 0.2) is 11.5 Å². The second-order valence-electron chi connectivity index (χ2n) is 4.37. The van der Waals surface area contributed by atoms with Gasteiger partial charge < -0.3 is 19.3 Å². The van der Waals surface area contributed by atoms with Crippen LogP contribution < -0.4 is 14.2 Å². The molecule has 102 valence electrons. The van der Waals surface area contributed by atoms with Crippen molar-refractivity contribution in [3.05, 3.63) is 47.5 Å². The molecular weight excluding hydrogens is 260 g/mol. The number of aromatic carboxylic acids is 1. The Morgan fingerprint density at radius 1 is 1.20 bits per heavy atom. The summed E-state index contributed by atoms with van der Waals surface area (Å²) in [4.78, 5) is 11.2. The smallest absolute Gasteiger partial charge is 0.339 e. The standard InChI is InChI=1S/C15H12O5/c1-9-3-2-4-11(15(16)17)14(9)20-10-5-6-12-13(7-10)19-8-18-12/h2-7H,8H2,1H3,(H,16,17). The maximum atomic E-state index is 11.2. The summed E-state index contributed by atoms with van der Waals surface area (Å²) in [6, 6.07) is 10.1. The van der Waals surface area contributed by atoms with Crippen LogP contribution >= 0.6 is 0 Å². The van der Waals surface area contributed by atoms with E-state index in [0.717, 1.165) is 5.56 Å². The summed E-state index contributed by atoms with van der Waals surface area (Å²) in [5.41, 5.74) is 0.880. The van der Waals surface area contributed by atoms with E-state index in [1.54, 1.807) is 37.3 Å². The van der Waals surface area contributed by atoms with Crippen LogP contribution in [0.25, 0.3) is 0 Å². The number of ether oxygens (including phenoxy) is 3. The Labute approximate surface area is 115 Å². The van der Waals surface area contributed by atoms with E-state index in [1.807, 2.05) is 0 Å². The number of fused-ring (bicyclic) bond motifs is 1. The number of hydrogen-bond donors (Lipinski definition) is 1. The van der Waals surface area contributed by atoms with Gasteiger partial charge in [-0.15, -0.1) is 0 Å². The number of carboxylic acid groups (broad SMARTS) is 1. The molecule has 0 unspecified atom stereocenters. The van der Waals surface area contributed by atoms with Gasteiger partial charge in [-0.05, 0) is 30.7 Å². The van der Waals surface area contributed by atoms with Crippen LogP contribution in [0.5, 0.6) is 23.0 Å². The Balaban J connectivity index is 1.97.